The van der Waals surface area contributed by atoms with E-state index in [0.717, 1.165) is 5.56 Å². The van der Waals surface area contributed by atoms with E-state index in [1.807, 2.05) is 0 Å². The van der Waals surface area contributed by atoms with Crippen molar-refractivity contribution >= 4 is 27.3 Å². The lowest BCUT2D eigenvalue weighted by Crippen LogP contribution is -2.20. The van der Waals surface area contributed by atoms with Crippen LogP contribution < -0.4 is 14.8 Å². The fourth-order valence-electron chi connectivity index (χ4n) is 2.46. The van der Waals surface area contributed by atoms with Gasteiger partial charge in [-0.15, -0.1) is 0 Å². The highest BCUT2D eigenvalue weighted by atomic mass is 32.2. The molecule has 1 heterocycles. The zero-order valence-corrected chi connectivity index (χ0v) is 13.3. The number of anilines is 2. The number of benzene rings is 2. The summed E-state index contributed by atoms with van der Waals surface area (Å²) in [6.45, 7) is 0. The largest absolute Gasteiger partial charge is 0.495 e. The van der Waals surface area contributed by atoms with Crippen molar-refractivity contribution in [2.24, 2.45) is 0 Å². The quantitative estimate of drug-likeness (QED) is 0.900. The molecule has 0 unspecified atom stereocenters. The molecule has 1 aliphatic rings. The van der Waals surface area contributed by atoms with Crippen LogP contribution in [-0.2, 0) is 21.2 Å². The van der Waals surface area contributed by atoms with Gasteiger partial charge in [-0.25, -0.2) is 8.42 Å². The van der Waals surface area contributed by atoms with Gasteiger partial charge >= 0.3 is 0 Å². The number of hydrogen-bond donors (Lipinski definition) is 2. The van der Waals surface area contributed by atoms with E-state index in [1.165, 1.54) is 13.2 Å². The van der Waals surface area contributed by atoms with E-state index in [0.29, 0.717) is 30.0 Å². The Labute approximate surface area is 134 Å². The lowest BCUT2D eigenvalue weighted by Gasteiger charge is -2.18. The van der Waals surface area contributed by atoms with Gasteiger partial charge in [-0.2, -0.15) is 0 Å². The molecule has 2 N–H and O–H groups in total. The number of fused-ring (bicyclic) bond motifs is 1. The standard InChI is InChI=1S/C16H16N2O4S/c1-22-15-5-3-2-4-14(15)18-23(20,21)12-7-8-13-11(10-12)6-9-16(19)17-13/h2-5,7-8,10,18H,6,9H2,1H3,(H,17,19). The molecule has 0 aliphatic carbocycles. The van der Waals surface area contributed by atoms with Gasteiger partial charge in [0.2, 0.25) is 5.91 Å². The highest BCUT2D eigenvalue weighted by Gasteiger charge is 2.20. The molecule has 120 valence electrons. The average molecular weight is 332 g/mol. The lowest BCUT2D eigenvalue weighted by molar-refractivity contribution is -0.116. The summed E-state index contributed by atoms with van der Waals surface area (Å²) in [6.07, 6.45) is 0.885. The third-order valence-corrected chi connectivity index (χ3v) is 5.00. The number of para-hydroxylation sites is 2. The van der Waals surface area contributed by atoms with E-state index in [2.05, 4.69) is 10.0 Å². The molecule has 6 nitrogen and oxygen atoms in total. The molecule has 2 aromatic carbocycles. The first-order chi connectivity index (χ1) is 11.0. The Hall–Kier alpha value is -2.54. The minimum absolute atomic E-state index is 0.0553. The zero-order valence-electron chi connectivity index (χ0n) is 12.5. The highest BCUT2D eigenvalue weighted by molar-refractivity contribution is 7.92. The van der Waals surface area contributed by atoms with Gasteiger partial charge < -0.3 is 10.1 Å². The van der Waals surface area contributed by atoms with Crippen LogP contribution in [0.2, 0.25) is 0 Å². The Bertz CT molecular complexity index is 862. The van der Waals surface area contributed by atoms with Gasteiger partial charge in [0.1, 0.15) is 5.75 Å². The van der Waals surface area contributed by atoms with E-state index < -0.39 is 10.0 Å². The summed E-state index contributed by atoms with van der Waals surface area (Å²) in [5.74, 6) is 0.390. The van der Waals surface area contributed by atoms with Crippen molar-refractivity contribution in [1.29, 1.82) is 0 Å². The van der Waals surface area contributed by atoms with Crippen molar-refractivity contribution in [3.05, 3.63) is 48.0 Å². The van der Waals surface area contributed by atoms with Gasteiger partial charge in [-0.1, -0.05) is 12.1 Å². The normalized spacial score (nSPS) is 13.9. The molecule has 0 aromatic heterocycles. The topological polar surface area (TPSA) is 84.5 Å². The molecule has 0 bridgehead atoms. The van der Waals surface area contributed by atoms with Crippen molar-refractivity contribution in [1.82, 2.24) is 0 Å². The molecule has 1 amide bonds. The summed E-state index contributed by atoms with van der Waals surface area (Å²) in [5.41, 5.74) is 1.85. The van der Waals surface area contributed by atoms with E-state index in [-0.39, 0.29) is 10.8 Å². The van der Waals surface area contributed by atoms with E-state index in [1.54, 1.807) is 36.4 Å². The van der Waals surface area contributed by atoms with Crippen LogP contribution in [0.1, 0.15) is 12.0 Å². The Kier molecular flexibility index (Phi) is 3.96. The number of rotatable bonds is 4. The van der Waals surface area contributed by atoms with Gasteiger partial charge in [0.15, 0.2) is 0 Å². The van der Waals surface area contributed by atoms with E-state index in [9.17, 15) is 13.2 Å². The lowest BCUT2D eigenvalue weighted by atomic mass is 10.0. The summed E-state index contributed by atoms with van der Waals surface area (Å²) in [6, 6.07) is 11.5. The van der Waals surface area contributed by atoms with Crippen LogP contribution in [0.3, 0.4) is 0 Å². The fraction of sp³-hybridized carbons (Fsp3) is 0.188. The second kappa shape index (κ2) is 5.92. The molecule has 0 saturated heterocycles. The average Bonchev–Trinajstić information content (AvgIpc) is 2.54. The molecule has 0 atom stereocenters. The number of amides is 1. The zero-order chi connectivity index (χ0) is 16.4. The summed E-state index contributed by atoms with van der Waals surface area (Å²) in [5, 5.41) is 2.73. The van der Waals surface area contributed by atoms with Crippen LogP contribution in [0.25, 0.3) is 0 Å². The minimum Gasteiger partial charge on any atom is -0.495 e. The van der Waals surface area contributed by atoms with Crippen LogP contribution in [-0.4, -0.2) is 21.4 Å². The Morgan fingerprint density at radius 1 is 1.13 bits per heavy atom. The Morgan fingerprint density at radius 2 is 1.91 bits per heavy atom. The number of methoxy groups -OCH3 is 1. The molecular formula is C16H16N2O4S. The van der Waals surface area contributed by atoms with E-state index >= 15 is 0 Å². The number of carbonyl (C=O) groups excluding carboxylic acids is 1. The van der Waals surface area contributed by atoms with Gasteiger partial charge in [-0.05, 0) is 42.3 Å². The molecular weight excluding hydrogens is 316 g/mol. The van der Waals surface area contributed by atoms with Crippen LogP contribution in [0.5, 0.6) is 5.75 Å². The molecule has 2 aromatic rings. The molecule has 7 heteroatoms. The van der Waals surface area contributed by atoms with Gasteiger partial charge in [-0.3, -0.25) is 9.52 Å². The minimum atomic E-state index is -3.74. The van der Waals surface area contributed by atoms with Crippen molar-refractivity contribution in [2.45, 2.75) is 17.7 Å². The first-order valence-electron chi connectivity index (χ1n) is 7.08. The second-order valence-electron chi connectivity index (χ2n) is 5.17. The number of nitrogens with one attached hydrogen (secondary N) is 2. The maximum absolute atomic E-state index is 12.6. The predicted molar refractivity (Wildman–Crippen MR) is 87.2 cm³/mol. The second-order valence-corrected chi connectivity index (χ2v) is 6.86. The van der Waals surface area contributed by atoms with Crippen molar-refractivity contribution < 1.29 is 17.9 Å². The van der Waals surface area contributed by atoms with Gasteiger partial charge in [0.25, 0.3) is 10.0 Å². The highest BCUT2D eigenvalue weighted by Crippen LogP contribution is 2.29. The first kappa shape index (κ1) is 15.4. The number of sulfonamides is 1. The third kappa shape index (κ3) is 3.14. The predicted octanol–water partition coefficient (Wildman–Crippen LogP) is 2.38. The molecule has 0 radical (unpaired) electrons. The first-order valence-corrected chi connectivity index (χ1v) is 8.56. The van der Waals surface area contributed by atoms with Gasteiger partial charge in [0.05, 0.1) is 17.7 Å². The number of carbonyl (C=O) groups is 1. The molecule has 0 saturated carbocycles. The summed E-state index contributed by atoms with van der Waals surface area (Å²) >= 11 is 0. The third-order valence-electron chi connectivity index (χ3n) is 3.63. The van der Waals surface area contributed by atoms with Gasteiger partial charge in [0, 0.05) is 12.1 Å². The smallest absolute Gasteiger partial charge is 0.262 e. The maximum Gasteiger partial charge on any atom is 0.262 e. The van der Waals surface area contributed by atoms with E-state index in [4.69, 9.17) is 4.74 Å². The number of hydrogen-bond acceptors (Lipinski definition) is 4. The summed E-state index contributed by atoms with van der Waals surface area (Å²) in [4.78, 5) is 11.5. The number of aryl methyl sites for hydroxylation is 1. The van der Waals surface area contributed by atoms with Crippen molar-refractivity contribution in [3.63, 3.8) is 0 Å². The molecule has 0 fully saturated rings. The Morgan fingerprint density at radius 3 is 2.70 bits per heavy atom. The Balaban J connectivity index is 1.92. The van der Waals surface area contributed by atoms with Crippen LogP contribution in [0.15, 0.2) is 47.4 Å². The maximum atomic E-state index is 12.6. The summed E-state index contributed by atoms with van der Waals surface area (Å²) in [7, 11) is -2.25. The number of ether oxygens (including phenoxy) is 1. The molecule has 23 heavy (non-hydrogen) atoms. The molecule has 0 spiro atoms. The fourth-order valence-corrected chi connectivity index (χ4v) is 3.58. The molecule has 3 rings (SSSR count). The van der Waals surface area contributed by atoms with Crippen LogP contribution in [0, 0.1) is 0 Å². The van der Waals surface area contributed by atoms with Crippen LogP contribution in [0.4, 0.5) is 11.4 Å². The monoisotopic (exact) mass is 332 g/mol. The summed E-state index contributed by atoms with van der Waals surface area (Å²) < 4.78 is 32.8. The van der Waals surface area contributed by atoms with Crippen molar-refractivity contribution in [2.75, 3.05) is 17.1 Å². The SMILES string of the molecule is COc1ccccc1NS(=O)(=O)c1ccc2c(c1)CCC(=O)N2. The van der Waals surface area contributed by atoms with Crippen LogP contribution >= 0.6 is 0 Å². The molecule has 1 aliphatic heterocycles. The van der Waals surface area contributed by atoms with Crippen molar-refractivity contribution in [3.8, 4) is 5.75 Å².